The van der Waals surface area contributed by atoms with Crippen molar-refractivity contribution in [3.8, 4) is 11.8 Å². The Balaban J connectivity index is 1.52. The first kappa shape index (κ1) is 19.7. The monoisotopic (exact) mass is 378 g/mol. The van der Waals surface area contributed by atoms with Gasteiger partial charge in [-0.15, -0.1) is 0 Å². The van der Waals surface area contributed by atoms with Gasteiger partial charge in [0.2, 0.25) is 5.91 Å². The average Bonchev–Trinajstić information content (AvgIpc) is 2.93. The summed E-state index contributed by atoms with van der Waals surface area (Å²) in [6.45, 7) is 7.25. The largest absolute Gasteiger partial charge is 0.493 e. The lowest BCUT2D eigenvalue weighted by Crippen LogP contribution is -2.36. The topological polar surface area (TPSA) is 69.5 Å². The molecule has 1 aliphatic rings. The number of nitriles is 1. The number of carbonyl (C=O) groups excluding carboxylic acids is 1. The van der Waals surface area contributed by atoms with Gasteiger partial charge in [-0.2, -0.15) is 5.26 Å². The van der Waals surface area contributed by atoms with Crippen LogP contribution < -0.4 is 9.64 Å². The highest BCUT2D eigenvalue weighted by molar-refractivity contribution is 5.76. The molecule has 6 nitrogen and oxygen atoms in total. The van der Waals surface area contributed by atoms with Crippen LogP contribution in [0.5, 0.6) is 5.75 Å². The maximum Gasteiger partial charge on any atom is 0.226 e. The Labute approximate surface area is 166 Å². The summed E-state index contributed by atoms with van der Waals surface area (Å²) < 4.78 is 5.78. The predicted octanol–water partition coefficient (Wildman–Crippen LogP) is 3.08. The normalized spacial score (nSPS) is 14.3. The molecule has 1 aromatic carbocycles. The first-order valence-corrected chi connectivity index (χ1v) is 9.66. The average molecular weight is 378 g/mol. The van der Waals surface area contributed by atoms with Gasteiger partial charge in [-0.3, -0.25) is 4.79 Å². The molecule has 0 N–H and O–H groups in total. The van der Waals surface area contributed by atoms with E-state index in [9.17, 15) is 10.1 Å². The smallest absolute Gasteiger partial charge is 0.226 e. The molecule has 0 aliphatic carbocycles. The Bertz CT molecular complexity index is 855. The van der Waals surface area contributed by atoms with Crippen molar-refractivity contribution in [2.75, 3.05) is 37.7 Å². The molecule has 1 saturated heterocycles. The van der Waals surface area contributed by atoms with E-state index < -0.39 is 0 Å². The molecule has 0 saturated carbocycles. The molecule has 0 atom stereocenters. The summed E-state index contributed by atoms with van der Waals surface area (Å²) >= 11 is 0. The van der Waals surface area contributed by atoms with Gasteiger partial charge in [-0.05, 0) is 55.7 Å². The van der Waals surface area contributed by atoms with Crippen LogP contribution >= 0.6 is 0 Å². The first-order valence-electron chi connectivity index (χ1n) is 9.66. The highest BCUT2D eigenvalue weighted by Crippen LogP contribution is 2.19. The van der Waals surface area contributed by atoms with Crippen LogP contribution in [0.25, 0.3) is 0 Å². The van der Waals surface area contributed by atoms with Crippen molar-refractivity contribution in [3.63, 3.8) is 0 Å². The number of ether oxygens (including phenoxy) is 1. The number of anilines is 1. The zero-order valence-corrected chi connectivity index (χ0v) is 16.5. The maximum atomic E-state index is 12.6. The van der Waals surface area contributed by atoms with E-state index in [2.05, 4.69) is 22.0 Å². The molecule has 1 amide bonds. The van der Waals surface area contributed by atoms with Crippen molar-refractivity contribution >= 4 is 11.7 Å². The van der Waals surface area contributed by atoms with Crippen molar-refractivity contribution in [1.29, 1.82) is 5.26 Å². The van der Waals surface area contributed by atoms with Crippen molar-refractivity contribution in [1.82, 2.24) is 9.88 Å². The molecule has 1 fully saturated rings. The maximum absolute atomic E-state index is 12.6. The number of amides is 1. The first-order chi connectivity index (χ1) is 13.6. The van der Waals surface area contributed by atoms with Gasteiger partial charge in [-0.1, -0.05) is 6.07 Å². The quantitative estimate of drug-likeness (QED) is 0.800. The van der Waals surface area contributed by atoms with Crippen molar-refractivity contribution in [2.24, 2.45) is 0 Å². The fourth-order valence-corrected chi connectivity index (χ4v) is 3.55. The molecule has 1 aromatic heterocycles. The number of carbonyl (C=O) groups is 1. The van der Waals surface area contributed by atoms with E-state index in [4.69, 9.17) is 4.74 Å². The third kappa shape index (κ3) is 5.01. The number of benzene rings is 1. The third-order valence-corrected chi connectivity index (χ3v) is 4.84. The molecule has 0 spiro atoms. The lowest BCUT2D eigenvalue weighted by molar-refractivity contribution is -0.131. The molecule has 0 unspecified atom stereocenters. The zero-order valence-electron chi connectivity index (χ0n) is 16.5. The summed E-state index contributed by atoms with van der Waals surface area (Å²) in [5.41, 5.74) is 2.88. The van der Waals surface area contributed by atoms with E-state index in [1.165, 1.54) is 0 Å². The van der Waals surface area contributed by atoms with Gasteiger partial charge < -0.3 is 14.5 Å². The molecule has 6 heteroatoms. The summed E-state index contributed by atoms with van der Waals surface area (Å²) in [5.74, 6) is 1.62. The number of hydrogen-bond acceptors (Lipinski definition) is 5. The molecule has 146 valence electrons. The van der Waals surface area contributed by atoms with E-state index in [-0.39, 0.29) is 5.91 Å². The number of rotatable bonds is 5. The SMILES string of the molecule is Cc1cc(C)cc(OCCC(=O)N2CCCN(c3ncccc3C#N)CC2)c1. The number of nitrogens with zero attached hydrogens (tertiary/aromatic N) is 4. The van der Waals surface area contributed by atoms with Crippen LogP contribution in [0, 0.1) is 25.2 Å². The van der Waals surface area contributed by atoms with E-state index in [0.29, 0.717) is 44.0 Å². The van der Waals surface area contributed by atoms with Crippen LogP contribution in [0.15, 0.2) is 36.5 Å². The van der Waals surface area contributed by atoms with E-state index in [1.54, 1.807) is 18.3 Å². The van der Waals surface area contributed by atoms with E-state index in [0.717, 1.165) is 29.8 Å². The van der Waals surface area contributed by atoms with Crippen molar-refractivity contribution < 1.29 is 9.53 Å². The predicted molar refractivity (Wildman–Crippen MR) is 108 cm³/mol. The molecule has 0 bridgehead atoms. The van der Waals surface area contributed by atoms with Gasteiger partial charge in [0, 0.05) is 32.4 Å². The number of aromatic nitrogens is 1. The number of aryl methyl sites for hydroxylation is 2. The highest BCUT2D eigenvalue weighted by Gasteiger charge is 2.21. The van der Waals surface area contributed by atoms with Gasteiger partial charge in [0.05, 0.1) is 18.6 Å². The van der Waals surface area contributed by atoms with Crippen LogP contribution in [-0.4, -0.2) is 48.6 Å². The summed E-state index contributed by atoms with van der Waals surface area (Å²) in [7, 11) is 0. The Morgan fingerprint density at radius 3 is 2.71 bits per heavy atom. The summed E-state index contributed by atoms with van der Waals surface area (Å²) in [6.07, 6.45) is 2.92. The van der Waals surface area contributed by atoms with Crippen LogP contribution in [-0.2, 0) is 4.79 Å². The second kappa shape index (κ2) is 9.23. The fourth-order valence-electron chi connectivity index (χ4n) is 3.55. The summed E-state index contributed by atoms with van der Waals surface area (Å²) in [5, 5.41) is 9.29. The van der Waals surface area contributed by atoms with Gasteiger partial charge >= 0.3 is 0 Å². The minimum absolute atomic E-state index is 0.104. The molecule has 3 rings (SSSR count). The van der Waals surface area contributed by atoms with Crippen molar-refractivity contribution in [2.45, 2.75) is 26.7 Å². The lowest BCUT2D eigenvalue weighted by Gasteiger charge is -2.23. The Kier molecular flexibility index (Phi) is 6.49. The molecular formula is C22H26N4O2. The van der Waals surface area contributed by atoms with E-state index in [1.807, 2.05) is 30.9 Å². The molecule has 2 heterocycles. The van der Waals surface area contributed by atoms with Crippen LogP contribution in [0.3, 0.4) is 0 Å². The molecule has 1 aliphatic heterocycles. The van der Waals surface area contributed by atoms with Gasteiger partial charge in [0.1, 0.15) is 17.6 Å². The van der Waals surface area contributed by atoms with Crippen molar-refractivity contribution in [3.05, 3.63) is 53.2 Å². The Morgan fingerprint density at radius 1 is 1.18 bits per heavy atom. The summed E-state index contributed by atoms with van der Waals surface area (Å²) in [4.78, 5) is 20.9. The molecule has 0 radical (unpaired) electrons. The molecular weight excluding hydrogens is 352 g/mol. The number of pyridine rings is 1. The second-order valence-electron chi connectivity index (χ2n) is 7.13. The minimum Gasteiger partial charge on any atom is -0.493 e. The van der Waals surface area contributed by atoms with Crippen LogP contribution in [0.1, 0.15) is 29.5 Å². The van der Waals surface area contributed by atoms with E-state index >= 15 is 0 Å². The van der Waals surface area contributed by atoms with Crippen LogP contribution in [0.2, 0.25) is 0 Å². The third-order valence-electron chi connectivity index (χ3n) is 4.84. The highest BCUT2D eigenvalue weighted by atomic mass is 16.5. The Hall–Kier alpha value is -3.07. The zero-order chi connectivity index (χ0) is 19.9. The van der Waals surface area contributed by atoms with Gasteiger partial charge in [0.15, 0.2) is 0 Å². The fraction of sp³-hybridized carbons (Fsp3) is 0.409. The minimum atomic E-state index is 0.104. The standard InChI is InChI=1S/C22H26N4O2/c1-17-13-18(2)15-20(14-17)28-12-6-21(27)25-8-4-9-26(11-10-25)22-19(16-23)5-3-7-24-22/h3,5,7,13-15H,4,6,8-12H2,1-2H3. The molecule has 28 heavy (non-hydrogen) atoms. The summed E-state index contributed by atoms with van der Waals surface area (Å²) in [6, 6.07) is 11.8. The second-order valence-corrected chi connectivity index (χ2v) is 7.13. The molecule has 2 aromatic rings. The number of hydrogen-bond donors (Lipinski definition) is 0. The van der Waals surface area contributed by atoms with Crippen LogP contribution in [0.4, 0.5) is 5.82 Å². The van der Waals surface area contributed by atoms with Gasteiger partial charge in [0.25, 0.3) is 0 Å². The van der Waals surface area contributed by atoms with Gasteiger partial charge in [-0.25, -0.2) is 4.98 Å². The Morgan fingerprint density at radius 2 is 1.96 bits per heavy atom. The lowest BCUT2D eigenvalue weighted by atomic mass is 10.1.